The van der Waals surface area contributed by atoms with Crippen LogP contribution in [0.2, 0.25) is 0 Å². The van der Waals surface area contributed by atoms with Gasteiger partial charge in [-0.1, -0.05) is 23.4 Å². The van der Waals surface area contributed by atoms with Gasteiger partial charge in [-0.2, -0.15) is 5.10 Å². The van der Waals surface area contributed by atoms with Gasteiger partial charge in [0.15, 0.2) is 0 Å². The second-order valence-electron chi connectivity index (χ2n) is 1.55. The summed E-state index contributed by atoms with van der Waals surface area (Å²) in [6, 6.07) is 0. The van der Waals surface area contributed by atoms with Crippen molar-refractivity contribution in [3.05, 3.63) is 20.7 Å². The highest BCUT2D eigenvalue weighted by atomic mass is 32.1. The molecule has 0 aromatic carbocycles. The van der Waals surface area contributed by atoms with E-state index in [1.54, 1.807) is 5.38 Å². The zero-order chi connectivity index (χ0) is 6.69. The number of rotatable bonds is 1. The van der Waals surface area contributed by atoms with Gasteiger partial charge in [-0.15, -0.1) is 0 Å². The van der Waals surface area contributed by atoms with E-state index in [1.807, 2.05) is 6.92 Å². The SMILES string of the molecule is CCc1csc(=O)nn1. The average molecular weight is 142 g/mol. The van der Waals surface area contributed by atoms with Gasteiger partial charge in [0.1, 0.15) is 0 Å². The Labute approximate surface area is 56.4 Å². The maximum atomic E-state index is 10.4. The molecule has 3 nitrogen and oxygen atoms in total. The molecule has 0 atom stereocenters. The smallest absolute Gasteiger partial charge is 0.253 e. The van der Waals surface area contributed by atoms with Crippen LogP contribution in [-0.4, -0.2) is 10.2 Å². The molecule has 0 N–H and O–H groups in total. The molecule has 0 fully saturated rings. The molecule has 9 heavy (non-hydrogen) atoms. The van der Waals surface area contributed by atoms with Crippen molar-refractivity contribution in [2.45, 2.75) is 13.3 Å². The monoisotopic (exact) mass is 142 g/mol. The van der Waals surface area contributed by atoms with Gasteiger partial charge in [0.2, 0.25) is 0 Å². The van der Waals surface area contributed by atoms with Crippen molar-refractivity contribution in [2.75, 3.05) is 0 Å². The molecule has 1 aromatic rings. The molecule has 0 saturated heterocycles. The van der Waals surface area contributed by atoms with E-state index in [9.17, 15) is 4.79 Å². The van der Waals surface area contributed by atoms with E-state index in [0.717, 1.165) is 23.5 Å². The van der Waals surface area contributed by atoms with Crippen LogP contribution < -0.4 is 4.87 Å². The molecule has 0 spiro atoms. The highest BCUT2D eigenvalue weighted by Crippen LogP contribution is 1.91. The Bertz CT molecular complexity index is 224. The van der Waals surface area contributed by atoms with Crippen molar-refractivity contribution in [1.29, 1.82) is 0 Å². The van der Waals surface area contributed by atoms with Gasteiger partial charge < -0.3 is 0 Å². The molecule has 1 aromatic heterocycles. The van der Waals surface area contributed by atoms with E-state index in [-0.39, 0.29) is 4.87 Å². The Morgan fingerprint density at radius 3 is 2.89 bits per heavy atom. The standard InChI is InChI=1S/C5H6N2OS/c1-2-4-3-9-5(8)7-6-4/h3H,2H2,1H3. The topological polar surface area (TPSA) is 42.9 Å². The summed E-state index contributed by atoms with van der Waals surface area (Å²) in [6.45, 7) is 1.97. The van der Waals surface area contributed by atoms with Crippen molar-refractivity contribution in [3.8, 4) is 0 Å². The molecule has 0 amide bonds. The highest BCUT2D eigenvalue weighted by Gasteiger charge is 1.89. The van der Waals surface area contributed by atoms with Crippen molar-refractivity contribution >= 4 is 11.3 Å². The Hall–Kier alpha value is -0.770. The third-order valence-electron chi connectivity index (χ3n) is 0.918. The zero-order valence-corrected chi connectivity index (χ0v) is 5.81. The lowest BCUT2D eigenvalue weighted by Gasteiger charge is -1.85. The van der Waals surface area contributed by atoms with Crippen LogP contribution in [0.15, 0.2) is 10.2 Å². The Balaban J connectivity index is 3.02. The fraction of sp³-hybridized carbons (Fsp3) is 0.400. The molecule has 0 saturated carbocycles. The lowest BCUT2D eigenvalue weighted by Crippen LogP contribution is -2.03. The Morgan fingerprint density at radius 1 is 1.67 bits per heavy atom. The average Bonchev–Trinajstić information content (AvgIpc) is 1.90. The second-order valence-corrected chi connectivity index (χ2v) is 2.37. The van der Waals surface area contributed by atoms with Crippen molar-refractivity contribution in [2.24, 2.45) is 0 Å². The summed E-state index contributed by atoms with van der Waals surface area (Å²) >= 11 is 1.09. The largest absolute Gasteiger partial charge is 0.344 e. The Morgan fingerprint density at radius 2 is 2.44 bits per heavy atom. The molecule has 0 aliphatic heterocycles. The number of hydrogen-bond donors (Lipinski definition) is 0. The molecule has 0 radical (unpaired) electrons. The van der Waals surface area contributed by atoms with Gasteiger partial charge in [0.25, 0.3) is 0 Å². The lowest BCUT2D eigenvalue weighted by atomic mass is 10.4. The first-order chi connectivity index (χ1) is 4.33. The molecule has 1 rings (SSSR count). The second kappa shape index (κ2) is 2.68. The van der Waals surface area contributed by atoms with E-state index < -0.39 is 0 Å². The third-order valence-corrected chi connectivity index (χ3v) is 1.59. The zero-order valence-electron chi connectivity index (χ0n) is 5.00. The molecule has 48 valence electrons. The summed E-state index contributed by atoms with van der Waals surface area (Å²) in [7, 11) is 0. The summed E-state index contributed by atoms with van der Waals surface area (Å²) < 4.78 is 0. The molecule has 0 aliphatic carbocycles. The molecular weight excluding hydrogens is 136 g/mol. The summed E-state index contributed by atoms with van der Waals surface area (Å²) in [5, 5.41) is 8.74. The summed E-state index contributed by atoms with van der Waals surface area (Å²) in [5.41, 5.74) is 0.875. The predicted octanol–water partition coefficient (Wildman–Crippen LogP) is 0.461. The number of hydrogen-bond acceptors (Lipinski definition) is 4. The van der Waals surface area contributed by atoms with E-state index in [1.165, 1.54) is 0 Å². The normalized spacial score (nSPS) is 9.44. The fourth-order valence-corrected chi connectivity index (χ4v) is 0.963. The van der Waals surface area contributed by atoms with Crippen molar-refractivity contribution in [3.63, 3.8) is 0 Å². The quantitative estimate of drug-likeness (QED) is 0.572. The van der Waals surface area contributed by atoms with E-state index in [0.29, 0.717) is 0 Å². The first kappa shape index (κ1) is 6.35. The van der Waals surface area contributed by atoms with Gasteiger partial charge >= 0.3 is 4.87 Å². The van der Waals surface area contributed by atoms with Crippen LogP contribution in [0.3, 0.4) is 0 Å². The van der Waals surface area contributed by atoms with E-state index in [2.05, 4.69) is 10.2 Å². The summed E-state index contributed by atoms with van der Waals surface area (Å²) in [5.74, 6) is 0. The van der Waals surface area contributed by atoms with Crippen LogP contribution in [0.1, 0.15) is 12.6 Å². The van der Waals surface area contributed by atoms with Gasteiger partial charge in [0.05, 0.1) is 5.69 Å². The Kier molecular flexibility index (Phi) is 1.89. The first-order valence-corrected chi connectivity index (χ1v) is 3.52. The maximum absolute atomic E-state index is 10.4. The van der Waals surface area contributed by atoms with Crippen LogP contribution >= 0.6 is 11.3 Å². The van der Waals surface area contributed by atoms with E-state index >= 15 is 0 Å². The number of aromatic nitrogens is 2. The summed E-state index contributed by atoms with van der Waals surface area (Å²) in [6.07, 6.45) is 0.837. The summed E-state index contributed by atoms with van der Waals surface area (Å²) in [4.78, 5) is 10.2. The minimum Gasteiger partial charge on any atom is -0.253 e. The third kappa shape index (κ3) is 1.57. The molecule has 1 heterocycles. The van der Waals surface area contributed by atoms with Crippen molar-refractivity contribution < 1.29 is 0 Å². The minimum absolute atomic E-state index is 0.229. The van der Waals surface area contributed by atoms with Crippen molar-refractivity contribution in [1.82, 2.24) is 10.2 Å². The van der Waals surface area contributed by atoms with Crippen LogP contribution in [0.4, 0.5) is 0 Å². The van der Waals surface area contributed by atoms with Gasteiger partial charge in [-0.3, -0.25) is 4.79 Å². The molecule has 0 unspecified atom stereocenters. The number of nitrogens with zero attached hydrogens (tertiary/aromatic N) is 2. The van der Waals surface area contributed by atoms with Crippen LogP contribution in [0, 0.1) is 0 Å². The predicted molar refractivity (Wildman–Crippen MR) is 35.6 cm³/mol. The molecular formula is C5H6N2OS. The van der Waals surface area contributed by atoms with Crippen LogP contribution in [0.25, 0.3) is 0 Å². The van der Waals surface area contributed by atoms with Crippen LogP contribution in [0.5, 0.6) is 0 Å². The minimum atomic E-state index is -0.229. The maximum Gasteiger partial charge on any atom is 0.344 e. The fourth-order valence-electron chi connectivity index (χ4n) is 0.425. The first-order valence-electron chi connectivity index (χ1n) is 2.64. The number of aryl methyl sites for hydroxylation is 1. The molecule has 0 bridgehead atoms. The molecule has 4 heteroatoms. The lowest BCUT2D eigenvalue weighted by molar-refractivity contribution is 0.921. The van der Waals surface area contributed by atoms with Gasteiger partial charge in [-0.25, -0.2) is 0 Å². The van der Waals surface area contributed by atoms with Gasteiger partial charge in [-0.05, 0) is 6.42 Å². The molecule has 0 aliphatic rings. The highest BCUT2D eigenvalue weighted by molar-refractivity contribution is 7.06. The van der Waals surface area contributed by atoms with E-state index in [4.69, 9.17) is 0 Å². The van der Waals surface area contributed by atoms with Gasteiger partial charge in [0, 0.05) is 5.38 Å². The van der Waals surface area contributed by atoms with Crippen LogP contribution in [-0.2, 0) is 6.42 Å².